The first-order valence-electron chi connectivity index (χ1n) is 7.19. The first kappa shape index (κ1) is 11.3. The minimum absolute atomic E-state index is 0.669. The van der Waals surface area contributed by atoms with Gasteiger partial charge < -0.3 is 9.80 Å². The molecule has 3 aliphatic rings. The number of nitrogens with zero attached hydrogens (tertiary/aromatic N) is 3. The average molecular weight is 256 g/mol. The van der Waals surface area contributed by atoms with E-state index in [4.69, 9.17) is 0 Å². The maximum absolute atomic E-state index is 4.10. The van der Waals surface area contributed by atoms with Gasteiger partial charge in [-0.1, -0.05) is 0 Å². The zero-order valence-electron chi connectivity index (χ0n) is 11.3. The Bertz CT molecular complexity index is 583. The van der Waals surface area contributed by atoms with E-state index in [0.717, 1.165) is 11.4 Å². The summed E-state index contributed by atoms with van der Waals surface area (Å²) in [6.07, 6.45) is 4.61. The van der Waals surface area contributed by atoms with Crippen LogP contribution in [0.1, 0.15) is 12.8 Å². The second kappa shape index (κ2) is 4.23. The minimum atomic E-state index is 0.669. The van der Waals surface area contributed by atoms with E-state index >= 15 is 0 Å². The number of anilines is 1. The molecule has 19 heavy (non-hydrogen) atoms. The van der Waals surface area contributed by atoms with Crippen LogP contribution in [-0.2, 0) is 0 Å². The third-order valence-corrected chi connectivity index (χ3v) is 4.95. The summed E-state index contributed by atoms with van der Waals surface area (Å²) in [6.45, 7) is 3.82. The number of fused-ring (bicyclic) bond motifs is 4. The van der Waals surface area contributed by atoms with Gasteiger partial charge in [0.15, 0.2) is 0 Å². The van der Waals surface area contributed by atoms with E-state index in [-0.39, 0.29) is 0 Å². The molecule has 0 aliphatic carbocycles. The highest BCUT2D eigenvalue weighted by atomic mass is 15.2. The molecule has 1 unspecified atom stereocenters. The Balaban J connectivity index is 1.63. The van der Waals surface area contributed by atoms with E-state index in [0.29, 0.717) is 6.04 Å². The van der Waals surface area contributed by atoms with Crippen molar-refractivity contribution < 1.29 is 0 Å². The van der Waals surface area contributed by atoms with Gasteiger partial charge in [0.1, 0.15) is 0 Å². The van der Waals surface area contributed by atoms with Gasteiger partial charge in [0.05, 0.1) is 11.7 Å². The molecule has 3 saturated heterocycles. The number of rotatable bonds is 2. The summed E-state index contributed by atoms with van der Waals surface area (Å²) < 4.78 is 0. The lowest BCUT2D eigenvalue weighted by molar-refractivity contribution is 0.0874. The molecule has 100 valence electrons. The van der Waals surface area contributed by atoms with Gasteiger partial charge in [-0.15, -0.1) is 0 Å². The van der Waals surface area contributed by atoms with Crippen LogP contribution in [0.2, 0.25) is 0 Å². The Morgan fingerprint density at radius 3 is 2.89 bits per heavy atom. The lowest BCUT2D eigenvalue weighted by atomic mass is 9.83. The maximum Gasteiger partial charge on any atom is 0.0670 e. The second-order valence-corrected chi connectivity index (χ2v) is 5.96. The van der Waals surface area contributed by atoms with Gasteiger partial charge in [0, 0.05) is 30.7 Å². The topological polar surface area (TPSA) is 35.2 Å². The molecule has 4 heteroatoms. The highest BCUT2D eigenvalue weighted by Gasteiger charge is 2.36. The first-order chi connectivity index (χ1) is 9.31. The SMILES string of the molecule is CN(c1ccc2cn[nH]c2c1)C1CN2CCC1CC2. The van der Waals surface area contributed by atoms with E-state index in [9.17, 15) is 0 Å². The van der Waals surface area contributed by atoms with Crippen LogP contribution in [0.4, 0.5) is 5.69 Å². The molecule has 1 aromatic heterocycles. The highest BCUT2D eigenvalue weighted by Crippen LogP contribution is 2.33. The average Bonchev–Trinajstić information content (AvgIpc) is 2.95. The van der Waals surface area contributed by atoms with Crippen LogP contribution < -0.4 is 4.90 Å². The summed E-state index contributed by atoms with van der Waals surface area (Å²) in [5.74, 6) is 0.868. The predicted molar refractivity (Wildman–Crippen MR) is 77.4 cm³/mol. The number of piperidine rings is 3. The van der Waals surface area contributed by atoms with E-state index < -0.39 is 0 Å². The Hall–Kier alpha value is -1.55. The van der Waals surface area contributed by atoms with Crippen molar-refractivity contribution in [2.75, 3.05) is 31.6 Å². The summed E-state index contributed by atoms with van der Waals surface area (Å²) >= 11 is 0. The number of hydrogen-bond donors (Lipinski definition) is 1. The molecule has 2 bridgehead atoms. The van der Waals surface area contributed by atoms with Crippen LogP contribution in [0.15, 0.2) is 24.4 Å². The number of aromatic amines is 1. The third kappa shape index (κ3) is 1.82. The van der Waals surface area contributed by atoms with Gasteiger partial charge in [-0.05, 0) is 50.0 Å². The van der Waals surface area contributed by atoms with Crippen molar-refractivity contribution in [3.8, 4) is 0 Å². The van der Waals surface area contributed by atoms with Crippen molar-refractivity contribution in [1.29, 1.82) is 0 Å². The summed E-state index contributed by atoms with van der Waals surface area (Å²) in [7, 11) is 2.24. The Labute approximate surface area is 113 Å². The lowest BCUT2D eigenvalue weighted by Gasteiger charge is -2.48. The van der Waals surface area contributed by atoms with Crippen molar-refractivity contribution in [3.63, 3.8) is 0 Å². The van der Waals surface area contributed by atoms with Gasteiger partial charge in [0.25, 0.3) is 0 Å². The zero-order chi connectivity index (χ0) is 12.8. The molecule has 1 atom stereocenters. The minimum Gasteiger partial charge on any atom is -0.370 e. The Kier molecular flexibility index (Phi) is 2.52. The second-order valence-electron chi connectivity index (χ2n) is 5.96. The largest absolute Gasteiger partial charge is 0.370 e. The van der Waals surface area contributed by atoms with Crippen LogP contribution in [0, 0.1) is 5.92 Å². The van der Waals surface area contributed by atoms with Gasteiger partial charge in [0.2, 0.25) is 0 Å². The van der Waals surface area contributed by atoms with Crippen molar-refractivity contribution in [1.82, 2.24) is 15.1 Å². The molecular formula is C15H20N4. The molecule has 1 aromatic carbocycles. The number of benzene rings is 1. The Morgan fingerprint density at radius 2 is 2.16 bits per heavy atom. The molecule has 2 aromatic rings. The normalized spacial score (nSPS) is 29.8. The number of likely N-dealkylation sites (N-methyl/N-ethyl adjacent to an activating group) is 1. The molecule has 0 saturated carbocycles. The van der Waals surface area contributed by atoms with E-state index in [2.05, 4.69) is 45.2 Å². The van der Waals surface area contributed by atoms with Crippen LogP contribution in [0.3, 0.4) is 0 Å². The van der Waals surface area contributed by atoms with Crippen LogP contribution >= 0.6 is 0 Å². The van der Waals surface area contributed by atoms with E-state index in [1.807, 2.05) is 6.20 Å². The lowest BCUT2D eigenvalue weighted by Crippen LogP contribution is -2.56. The summed E-state index contributed by atoms with van der Waals surface area (Å²) in [4.78, 5) is 5.08. The molecule has 0 spiro atoms. The summed E-state index contributed by atoms with van der Waals surface area (Å²) in [6, 6.07) is 7.27. The quantitative estimate of drug-likeness (QED) is 0.893. The maximum atomic E-state index is 4.10. The molecule has 0 amide bonds. The summed E-state index contributed by atoms with van der Waals surface area (Å²) in [5, 5.41) is 8.35. The number of aromatic nitrogens is 2. The van der Waals surface area contributed by atoms with Crippen molar-refractivity contribution in [2.24, 2.45) is 5.92 Å². The third-order valence-electron chi connectivity index (χ3n) is 4.95. The highest BCUT2D eigenvalue weighted by molar-refractivity contribution is 5.81. The van der Waals surface area contributed by atoms with Crippen molar-refractivity contribution in [2.45, 2.75) is 18.9 Å². The van der Waals surface area contributed by atoms with Crippen molar-refractivity contribution >= 4 is 16.6 Å². The zero-order valence-corrected chi connectivity index (χ0v) is 11.3. The smallest absolute Gasteiger partial charge is 0.0670 e. The first-order valence-corrected chi connectivity index (χ1v) is 7.19. The van der Waals surface area contributed by atoms with Gasteiger partial charge in [-0.3, -0.25) is 5.10 Å². The standard InChI is InChI=1S/C15H20N4/c1-18(15-10-19-6-4-11(15)5-7-19)13-3-2-12-9-16-17-14(12)8-13/h2-3,8-9,11,15H,4-7,10H2,1H3,(H,16,17). The van der Waals surface area contributed by atoms with Crippen LogP contribution in [-0.4, -0.2) is 47.8 Å². The fourth-order valence-corrected chi connectivity index (χ4v) is 3.71. The molecule has 3 aliphatic heterocycles. The monoisotopic (exact) mass is 256 g/mol. The van der Waals surface area contributed by atoms with Crippen LogP contribution in [0.25, 0.3) is 10.9 Å². The molecule has 4 heterocycles. The van der Waals surface area contributed by atoms with Crippen LogP contribution in [0.5, 0.6) is 0 Å². The molecule has 0 radical (unpaired) electrons. The van der Waals surface area contributed by atoms with Gasteiger partial charge in [-0.25, -0.2) is 0 Å². The molecule has 4 nitrogen and oxygen atoms in total. The number of H-pyrrole nitrogens is 1. The molecule has 3 fully saturated rings. The number of hydrogen-bond acceptors (Lipinski definition) is 3. The van der Waals surface area contributed by atoms with Gasteiger partial charge >= 0.3 is 0 Å². The Morgan fingerprint density at radius 1 is 1.32 bits per heavy atom. The number of nitrogens with one attached hydrogen (secondary N) is 1. The molecule has 5 rings (SSSR count). The van der Waals surface area contributed by atoms with Gasteiger partial charge in [-0.2, -0.15) is 5.10 Å². The summed E-state index contributed by atoms with van der Waals surface area (Å²) in [5.41, 5.74) is 2.43. The molecular weight excluding hydrogens is 236 g/mol. The predicted octanol–water partition coefficient (Wildman–Crippen LogP) is 2.09. The fraction of sp³-hybridized carbons (Fsp3) is 0.533. The van der Waals surface area contributed by atoms with Crippen molar-refractivity contribution in [3.05, 3.63) is 24.4 Å². The van der Waals surface area contributed by atoms with E-state index in [1.54, 1.807) is 0 Å². The fourth-order valence-electron chi connectivity index (χ4n) is 3.71. The molecule has 1 N–H and O–H groups in total. The van der Waals surface area contributed by atoms with E-state index in [1.165, 1.54) is 43.5 Å².